The van der Waals surface area contributed by atoms with E-state index >= 15 is 0 Å². The number of epoxide rings is 1. The Balaban J connectivity index is 1.67. The summed E-state index contributed by atoms with van der Waals surface area (Å²) in [6, 6.07) is 0. The molecule has 0 aromatic carbocycles. The zero-order valence-corrected chi connectivity index (χ0v) is 10.5. The minimum absolute atomic E-state index is 0.232. The Morgan fingerprint density at radius 2 is 1.67 bits per heavy atom. The van der Waals surface area contributed by atoms with Gasteiger partial charge in [-0.3, -0.25) is 0 Å². The van der Waals surface area contributed by atoms with Gasteiger partial charge < -0.3 is 23.7 Å². The van der Waals surface area contributed by atoms with E-state index in [1.807, 2.05) is 0 Å². The molecule has 0 aromatic rings. The molecule has 0 N–H and O–H groups in total. The van der Waals surface area contributed by atoms with Crippen LogP contribution in [0.4, 0.5) is 0 Å². The van der Waals surface area contributed by atoms with E-state index in [-0.39, 0.29) is 6.61 Å². The standard InChI is InChI=1S/C12H20O6/c1-2-12(13)17-8-7-15-4-3-14-5-6-16-9-11-10-18-11/h2,11H,1,3-10H2. The Bertz CT molecular complexity index is 239. The fourth-order valence-electron chi connectivity index (χ4n) is 1.08. The third-order valence-corrected chi connectivity index (χ3v) is 2.09. The van der Waals surface area contributed by atoms with Crippen molar-refractivity contribution in [3.05, 3.63) is 12.7 Å². The Kier molecular flexibility index (Phi) is 8.41. The maximum absolute atomic E-state index is 10.7. The number of hydrogen-bond donors (Lipinski definition) is 0. The van der Waals surface area contributed by atoms with Crippen LogP contribution in [0, 0.1) is 0 Å². The first-order valence-corrected chi connectivity index (χ1v) is 5.97. The van der Waals surface area contributed by atoms with Crippen molar-refractivity contribution < 1.29 is 28.5 Å². The molecule has 6 heteroatoms. The van der Waals surface area contributed by atoms with Crippen LogP contribution in [0.2, 0.25) is 0 Å². The molecule has 0 aromatic heterocycles. The first-order valence-electron chi connectivity index (χ1n) is 5.97. The van der Waals surface area contributed by atoms with E-state index in [4.69, 9.17) is 23.7 Å². The lowest BCUT2D eigenvalue weighted by Gasteiger charge is -2.06. The molecule has 1 unspecified atom stereocenters. The molecule has 1 heterocycles. The molecule has 0 bridgehead atoms. The molecule has 6 nitrogen and oxygen atoms in total. The van der Waals surface area contributed by atoms with Crippen LogP contribution >= 0.6 is 0 Å². The van der Waals surface area contributed by atoms with Gasteiger partial charge in [0.05, 0.1) is 46.2 Å². The van der Waals surface area contributed by atoms with Crippen LogP contribution in [0.1, 0.15) is 0 Å². The summed E-state index contributed by atoms with van der Waals surface area (Å²) in [5.74, 6) is -0.438. The van der Waals surface area contributed by atoms with Gasteiger partial charge in [0.15, 0.2) is 0 Å². The predicted molar refractivity (Wildman–Crippen MR) is 63.4 cm³/mol. The highest BCUT2D eigenvalue weighted by molar-refractivity contribution is 5.81. The van der Waals surface area contributed by atoms with Crippen molar-refractivity contribution >= 4 is 5.97 Å². The van der Waals surface area contributed by atoms with Gasteiger partial charge >= 0.3 is 5.97 Å². The molecule has 0 amide bonds. The summed E-state index contributed by atoms with van der Waals surface area (Å²) < 4.78 is 25.5. The number of carbonyl (C=O) groups is 1. The van der Waals surface area contributed by atoms with Crippen molar-refractivity contribution in [2.45, 2.75) is 6.10 Å². The summed E-state index contributed by atoms with van der Waals surface area (Å²) in [6.07, 6.45) is 1.42. The Morgan fingerprint density at radius 1 is 1.11 bits per heavy atom. The summed E-state index contributed by atoms with van der Waals surface area (Å²) >= 11 is 0. The molecule has 0 saturated carbocycles. The second kappa shape index (κ2) is 10.0. The van der Waals surface area contributed by atoms with Gasteiger partial charge in [0.1, 0.15) is 12.7 Å². The van der Waals surface area contributed by atoms with Crippen molar-refractivity contribution in [1.82, 2.24) is 0 Å². The molecule has 18 heavy (non-hydrogen) atoms. The molecule has 1 atom stereocenters. The van der Waals surface area contributed by atoms with Gasteiger partial charge in [-0.1, -0.05) is 6.58 Å². The lowest BCUT2D eigenvalue weighted by Crippen LogP contribution is -2.13. The van der Waals surface area contributed by atoms with E-state index in [0.717, 1.165) is 12.7 Å². The molecule has 0 aliphatic carbocycles. The SMILES string of the molecule is C=CC(=O)OCCOCCOCCOCC1CO1. The highest BCUT2D eigenvalue weighted by atomic mass is 16.6. The van der Waals surface area contributed by atoms with E-state index in [0.29, 0.717) is 45.7 Å². The minimum Gasteiger partial charge on any atom is -0.460 e. The molecular weight excluding hydrogens is 240 g/mol. The molecule has 1 aliphatic rings. The third kappa shape index (κ3) is 9.12. The lowest BCUT2D eigenvalue weighted by atomic mass is 10.5. The van der Waals surface area contributed by atoms with E-state index in [9.17, 15) is 4.79 Å². The highest BCUT2D eigenvalue weighted by Crippen LogP contribution is 2.07. The number of carbonyl (C=O) groups excluding carboxylic acids is 1. The maximum Gasteiger partial charge on any atom is 0.330 e. The van der Waals surface area contributed by atoms with Gasteiger partial charge in [-0.05, 0) is 0 Å². The molecule has 104 valence electrons. The fourth-order valence-corrected chi connectivity index (χ4v) is 1.08. The highest BCUT2D eigenvalue weighted by Gasteiger charge is 2.21. The normalized spacial score (nSPS) is 17.4. The quantitative estimate of drug-likeness (QED) is 0.216. The van der Waals surface area contributed by atoms with E-state index in [1.165, 1.54) is 0 Å². The fraction of sp³-hybridized carbons (Fsp3) is 0.750. The van der Waals surface area contributed by atoms with Crippen molar-refractivity contribution in [2.24, 2.45) is 0 Å². The van der Waals surface area contributed by atoms with Crippen LogP contribution in [-0.2, 0) is 28.5 Å². The van der Waals surface area contributed by atoms with Gasteiger partial charge in [-0.15, -0.1) is 0 Å². The molecular formula is C12H20O6. The summed E-state index contributed by atoms with van der Waals surface area (Å²) in [5, 5.41) is 0. The summed E-state index contributed by atoms with van der Waals surface area (Å²) in [6.45, 7) is 7.41. The van der Waals surface area contributed by atoms with Gasteiger partial charge in [-0.2, -0.15) is 0 Å². The van der Waals surface area contributed by atoms with Crippen LogP contribution in [0.25, 0.3) is 0 Å². The molecule has 0 radical (unpaired) electrons. The predicted octanol–water partition coefficient (Wildman–Crippen LogP) is 0.164. The molecule has 1 fully saturated rings. The van der Waals surface area contributed by atoms with Crippen LogP contribution in [0.5, 0.6) is 0 Å². The van der Waals surface area contributed by atoms with E-state index < -0.39 is 5.97 Å². The smallest absolute Gasteiger partial charge is 0.330 e. The van der Waals surface area contributed by atoms with Crippen molar-refractivity contribution in [2.75, 3.05) is 52.9 Å². The lowest BCUT2D eigenvalue weighted by molar-refractivity contribution is -0.139. The third-order valence-electron chi connectivity index (χ3n) is 2.09. The zero-order chi connectivity index (χ0) is 13.1. The van der Waals surface area contributed by atoms with Gasteiger partial charge in [-0.25, -0.2) is 4.79 Å². The summed E-state index contributed by atoms with van der Waals surface area (Å²) in [5.41, 5.74) is 0. The van der Waals surface area contributed by atoms with Crippen molar-refractivity contribution in [3.63, 3.8) is 0 Å². The Morgan fingerprint density at radius 3 is 2.22 bits per heavy atom. The Hall–Kier alpha value is -0.950. The minimum atomic E-state index is -0.438. The van der Waals surface area contributed by atoms with Crippen molar-refractivity contribution in [3.8, 4) is 0 Å². The summed E-state index contributed by atoms with van der Waals surface area (Å²) in [4.78, 5) is 10.7. The van der Waals surface area contributed by atoms with E-state index in [1.54, 1.807) is 0 Å². The average molecular weight is 260 g/mol. The average Bonchev–Trinajstić information content (AvgIpc) is 3.19. The number of hydrogen-bond acceptors (Lipinski definition) is 6. The van der Waals surface area contributed by atoms with E-state index in [2.05, 4.69) is 6.58 Å². The van der Waals surface area contributed by atoms with Crippen molar-refractivity contribution in [1.29, 1.82) is 0 Å². The topological polar surface area (TPSA) is 66.5 Å². The van der Waals surface area contributed by atoms with Crippen LogP contribution in [-0.4, -0.2) is 64.9 Å². The largest absolute Gasteiger partial charge is 0.460 e. The van der Waals surface area contributed by atoms with Crippen LogP contribution < -0.4 is 0 Å². The Labute approximate surface area is 107 Å². The number of rotatable bonds is 12. The molecule has 1 aliphatic heterocycles. The second-order valence-electron chi connectivity index (χ2n) is 3.63. The monoisotopic (exact) mass is 260 g/mol. The number of ether oxygens (including phenoxy) is 5. The molecule has 1 saturated heterocycles. The second-order valence-corrected chi connectivity index (χ2v) is 3.63. The molecule has 1 rings (SSSR count). The van der Waals surface area contributed by atoms with Gasteiger partial charge in [0.25, 0.3) is 0 Å². The summed E-state index contributed by atoms with van der Waals surface area (Å²) in [7, 11) is 0. The zero-order valence-electron chi connectivity index (χ0n) is 10.5. The van der Waals surface area contributed by atoms with Gasteiger partial charge in [0, 0.05) is 6.08 Å². The maximum atomic E-state index is 10.7. The van der Waals surface area contributed by atoms with Gasteiger partial charge in [0.2, 0.25) is 0 Å². The first-order chi connectivity index (χ1) is 8.83. The molecule has 0 spiro atoms. The van der Waals surface area contributed by atoms with Crippen LogP contribution in [0.3, 0.4) is 0 Å². The van der Waals surface area contributed by atoms with Crippen LogP contribution in [0.15, 0.2) is 12.7 Å². The number of esters is 1. The first kappa shape index (κ1) is 15.1.